The molecule has 3 rings (SSSR count). The van der Waals surface area contributed by atoms with Gasteiger partial charge >= 0.3 is 0 Å². The lowest BCUT2D eigenvalue weighted by Crippen LogP contribution is -2.42. The number of carbonyl (C=O) groups is 1. The van der Waals surface area contributed by atoms with Crippen LogP contribution >= 0.6 is 35.6 Å². The second-order valence-corrected chi connectivity index (χ2v) is 6.70. The van der Waals surface area contributed by atoms with Gasteiger partial charge in [-0.15, -0.1) is 12.4 Å². The van der Waals surface area contributed by atoms with Gasteiger partial charge in [0.2, 0.25) is 0 Å². The fourth-order valence-electron chi connectivity index (χ4n) is 2.95. The molecule has 0 spiro atoms. The van der Waals surface area contributed by atoms with Gasteiger partial charge in [-0.1, -0.05) is 30.1 Å². The second-order valence-electron chi connectivity index (χ2n) is 5.89. The van der Waals surface area contributed by atoms with Gasteiger partial charge in [-0.3, -0.25) is 4.79 Å². The predicted octanol–water partition coefficient (Wildman–Crippen LogP) is 3.82. The molecular formula is C17H21Cl3N4O. The summed E-state index contributed by atoms with van der Waals surface area (Å²) >= 11 is 12.0. The van der Waals surface area contributed by atoms with Crippen molar-refractivity contribution in [3.63, 3.8) is 0 Å². The van der Waals surface area contributed by atoms with Crippen molar-refractivity contribution < 1.29 is 4.79 Å². The van der Waals surface area contributed by atoms with E-state index in [4.69, 9.17) is 23.2 Å². The molecule has 1 aromatic heterocycles. The molecule has 0 saturated carbocycles. The van der Waals surface area contributed by atoms with Crippen molar-refractivity contribution in [3.8, 4) is 5.69 Å². The summed E-state index contributed by atoms with van der Waals surface area (Å²) in [5, 5.41) is 8.70. The summed E-state index contributed by atoms with van der Waals surface area (Å²) in [6.07, 6.45) is 3.68. The van der Waals surface area contributed by atoms with Gasteiger partial charge < -0.3 is 10.2 Å². The average Bonchev–Trinajstić information content (AvgIpc) is 3.26. The Hall–Kier alpha value is -1.27. The minimum Gasteiger partial charge on any atom is -0.333 e. The lowest BCUT2D eigenvalue weighted by Gasteiger charge is -2.27. The van der Waals surface area contributed by atoms with Crippen LogP contribution in [-0.4, -0.2) is 46.3 Å². The van der Waals surface area contributed by atoms with Crippen LogP contribution in [0.5, 0.6) is 0 Å². The Bertz CT molecular complexity index is 728. The first-order valence-corrected chi connectivity index (χ1v) is 8.88. The van der Waals surface area contributed by atoms with Gasteiger partial charge in [0.25, 0.3) is 5.91 Å². The first-order chi connectivity index (χ1) is 11.6. The highest BCUT2D eigenvalue weighted by Gasteiger charge is 2.27. The van der Waals surface area contributed by atoms with E-state index in [1.165, 1.54) is 0 Å². The van der Waals surface area contributed by atoms with Gasteiger partial charge in [-0.05, 0) is 43.7 Å². The molecule has 136 valence electrons. The number of benzene rings is 1. The molecular weight excluding hydrogens is 383 g/mol. The van der Waals surface area contributed by atoms with Crippen LogP contribution in [0.25, 0.3) is 5.69 Å². The molecule has 1 saturated heterocycles. The van der Waals surface area contributed by atoms with Crippen LogP contribution in [0.3, 0.4) is 0 Å². The highest BCUT2D eigenvalue weighted by Crippen LogP contribution is 2.24. The summed E-state index contributed by atoms with van der Waals surface area (Å²) in [5.41, 5.74) is 1.22. The third-order valence-corrected chi connectivity index (χ3v) is 4.92. The standard InChI is InChI=1S/C17H20Cl2N4O.ClH/c1-2-8-22(13-5-7-20-11-13)17(24)16-6-9-23(21-16)12-3-4-14(18)15(19)10-12;/h3-4,6,9-10,13,20H,2,5,7-8,11H2,1H3;1H. The number of carbonyl (C=O) groups excluding carboxylic acids is 1. The van der Waals surface area contributed by atoms with E-state index in [1.54, 1.807) is 29.1 Å². The molecule has 1 unspecified atom stereocenters. The van der Waals surface area contributed by atoms with Crippen LogP contribution in [0.4, 0.5) is 0 Å². The molecule has 1 aromatic carbocycles. The number of nitrogens with zero attached hydrogens (tertiary/aromatic N) is 3. The van der Waals surface area contributed by atoms with E-state index in [1.807, 2.05) is 11.0 Å². The normalized spacial score (nSPS) is 16.5. The molecule has 8 heteroatoms. The number of aromatic nitrogens is 2. The maximum absolute atomic E-state index is 12.9. The van der Waals surface area contributed by atoms with Crippen molar-refractivity contribution in [3.05, 3.63) is 46.2 Å². The van der Waals surface area contributed by atoms with Crippen molar-refractivity contribution in [1.29, 1.82) is 0 Å². The molecule has 0 radical (unpaired) electrons. The second kappa shape index (κ2) is 8.90. The Morgan fingerprint density at radius 3 is 2.80 bits per heavy atom. The number of nitrogens with one attached hydrogen (secondary N) is 1. The highest BCUT2D eigenvalue weighted by molar-refractivity contribution is 6.42. The van der Waals surface area contributed by atoms with Gasteiger partial charge in [-0.2, -0.15) is 5.10 Å². The molecule has 2 aromatic rings. The maximum atomic E-state index is 12.9. The lowest BCUT2D eigenvalue weighted by atomic mass is 10.2. The SMILES string of the molecule is CCCN(C(=O)c1ccn(-c2ccc(Cl)c(Cl)c2)n1)C1CCNC1.Cl. The fourth-order valence-corrected chi connectivity index (χ4v) is 3.25. The first-order valence-electron chi connectivity index (χ1n) is 8.13. The molecule has 0 bridgehead atoms. The van der Waals surface area contributed by atoms with E-state index in [0.29, 0.717) is 15.7 Å². The topological polar surface area (TPSA) is 50.2 Å². The summed E-state index contributed by atoms with van der Waals surface area (Å²) in [4.78, 5) is 14.8. The lowest BCUT2D eigenvalue weighted by molar-refractivity contribution is 0.0685. The number of rotatable bonds is 5. The molecule has 1 aliphatic rings. The van der Waals surface area contributed by atoms with E-state index in [9.17, 15) is 4.79 Å². The third-order valence-electron chi connectivity index (χ3n) is 4.18. The minimum atomic E-state index is -0.0237. The summed E-state index contributed by atoms with van der Waals surface area (Å²) in [7, 11) is 0. The molecule has 1 atom stereocenters. The smallest absolute Gasteiger partial charge is 0.274 e. The molecule has 1 fully saturated rings. The zero-order chi connectivity index (χ0) is 17.1. The van der Waals surface area contributed by atoms with Crippen molar-refractivity contribution >= 4 is 41.5 Å². The number of halogens is 3. The van der Waals surface area contributed by atoms with Crippen LogP contribution in [0.1, 0.15) is 30.3 Å². The van der Waals surface area contributed by atoms with Crippen molar-refractivity contribution in [1.82, 2.24) is 20.0 Å². The van der Waals surface area contributed by atoms with Crippen LogP contribution in [-0.2, 0) is 0 Å². The monoisotopic (exact) mass is 402 g/mol. The molecule has 1 amide bonds. The molecule has 25 heavy (non-hydrogen) atoms. The molecule has 1 aliphatic heterocycles. The maximum Gasteiger partial charge on any atom is 0.274 e. The number of hydrogen-bond donors (Lipinski definition) is 1. The predicted molar refractivity (Wildman–Crippen MR) is 103 cm³/mol. The summed E-state index contributed by atoms with van der Waals surface area (Å²) < 4.78 is 1.65. The zero-order valence-corrected chi connectivity index (χ0v) is 16.2. The average molecular weight is 404 g/mol. The van der Waals surface area contributed by atoms with Crippen LogP contribution in [0.2, 0.25) is 10.0 Å². The van der Waals surface area contributed by atoms with Gasteiger partial charge in [0, 0.05) is 25.3 Å². The van der Waals surface area contributed by atoms with Crippen LogP contribution in [0, 0.1) is 0 Å². The summed E-state index contributed by atoms with van der Waals surface area (Å²) in [6, 6.07) is 7.26. The summed E-state index contributed by atoms with van der Waals surface area (Å²) in [5.74, 6) is -0.0237. The van der Waals surface area contributed by atoms with Crippen LogP contribution in [0.15, 0.2) is 30.5 Å². The third kappa shape index (κ3) is 4.47. The Morgan fingerprint density at radius 2 is 2.16 bits per heavy atom. The zero-order valence-electron chi connectivity index (χ0n) is 13.9. The van der Waals surface area contributed by atoms with E-state index in [2.05, 4.69) is 17.3 Å². The molecule has 5 nitrogen and oxygen atoms in total. The van der Waals surface area contributed by atoms with Crippen LogP contribution < -0.4 is 5.32 Å². The van der Waals surface area contributed by atoms with Crippen molar-refractivity contribution in [2.75, 3.05) is 19.6 Å². The quantitative estimate of drug-likeness (QED) is 0.826. The molecule has 0 aliphatic carbocycles. The Kier molecular flexibility index (Phi) is 7.14. The minimum absolute atomic E-state index is 0. The van der Waals surface area contributed by atoms with E-state index < -0.39 is 0 Å². The highest BCUT2D eigenvalue weighted by atomic mass is 35.5. The Morgan fingerprint density at radius 1 is 1.36 bits per heavy atom. The van der Waals surface area contributed by atoms with Crippen molar-refractivity contribution in [2.24, 2.45) is 0 Å². The van der Waals surface area contributed by atoms with Gasteiger partial charge in [-0.25, -0.2) is 4.68 Å². The number of hydrogen-bond acceptors (Lipinski definition) is 3. The van der Waals surface area contributed by atoms with Crippen molar-refractivity contribution in [2.45, 2.75) is 25.8 Å². The number of amides is 1. The van der Waals surface area contributed by atoms with E-state index >= 15 is 0 Å². The summed E-state index contributed by atoms with van der Waals surface area (Å²) in [6.45, 7) is 4.62. The Balaban J connectivity index is 0.00000225. The van der Waals surface area contributed by atoms with Gasteiger partial charge in [0.05, 0.1) is 15.7 Å². The largest absolute Gasteiger partial charge is 0.333 e. The molecule has 1 N–H and O–H groups in total. The van der Waals surface area contributed by atoms with E-state index in [0.717, 1.165) is 38.2 Å². The fraction of sp³-hybridized carbons (Fsp3) is 0.412. The van der Waals surface area contributed by atoms with Gasteiger partial charge in [0.15, 0.2) is 5.69 Å². The Labute approximate surface area is 163 Å². The van der Waals surface area contributed by atoms with E-state index in [-0.39, 0.29) is 24.4 Å². The van der Waals surface area contributed by atoms with Gasteiger partial charge in [0.1, 0.15) is 0 Å². The first kappa shape index (κ1) is 20.0. The molecule has 2 heterocycles.